The monoisotopic (exact) mass is 361 g/mol. The lowest BCUT2D eigenvalue weighted by Crippen LogP contribution is -2.27. The Kier molecular flexibility index (Phi) is 5.32. The van der Waals surface area contributed by atoms with Gasteiger partial charge in [0.2, 0.25) is 0 Å². The Hall–Kier alpha value is -2.34. The highest BCUT2D eigenvalue weighted by atomic mass is 19.4. The topological polar surface area (TPSA) is 21.1 Å². The molecule has 0 radical (unpaired) electrons. The van der Waals surface area contributed by atoms with Crippen molar-refractivity contribution in [1.29, 1.82) is 0 Å². The molecule has 2 aromatic carbocycles. The molecule has 0 spiro atoms. The zero-order valence-electron chi connectivity index (χ0n) is 14.9. The maximum absolute atomic E-state index is 13.1. The molecule has 0 fully saturated rings. The predicted octanol–water partition coefficient (Wildman–Crippen LogP) is 5.06. The maximum atomic E-state index is 13.1. The summed E-state index contributed by atoms with van der Waals surface area (Å²) in [5.74, 6) is 0.701. The molecule has 138 valence electrons. The molecule has 0 bridgehead atoms. The summed E-state index contributed by atoms with van der Waals surface area (Å²) in [6.07, 6.45) is -4.37. The van der Waals surface area contributed by atoms with Crippen LogP contribution in [-0.2, 0) is 12.7 Å². The van der Waals surface area contributed by atoms with E-state index < -0.39 is 11.7 Å². The van der Waals surface area contributed by atoms with Crippen LogP contribution < -0.4 is 0 Å². The smallest absolute Gasteiger partial charge is 0.323 e. The predicted molar refractivity (Wildman–Crippen MR) is 98.0 cm³/mol. The van der Waals surface area contributed by atoms with Crippen LogP contribution in [0, 0.1) is 0 Å². The Balaban J connectivity index is 2.09. The van der Waals surface area contributed by atoms with Crippen molar-refractivity contribution in [3.05, 3.63) is 54.1 Å². The summed E-state index contributed by atoms with van der Waals surface area (Å²) in [7, 11) is 0. The van der Waals surface area contributed by atoms with Crippen LogP contribution in [0.3, 0.4) is 0 Å². The summed E-state index contributed by atoms with van der Waals surface area (Å²) >= 11 is 0. The molecule has 3 nitrogen and oxygen atoms in total. The van der Waals surface area contributed by atoms with Crippen molar-refractivity contribution in [1.82, 2.24) is 14.5 Å². The lowest BCUT2D eigenvalue weighted by molar-refractivity contribution is -0.137. The average Bonchev–Trinajstić information content (AvgIpc) is 3.00. The summed E-state index contributed by atoms with van der Waals surface area (Å²) in [6, 6.07) is 13.4. The minimum Gasteiger partial charge on any atom is -0.323 e. The number of benzene rings is 2. The minimum atomic E-state index is -4.37. The van der Waals surface area contributed by atoms with E-state index in [9.17, 15) is 13.2 Å². The lowest BCUT2D eigenvalue weighted by Gasteiger charge is -2.19. The molecule has 0 amide bonds. The third kappa shape index (κ3) is 3.75. The largest absolute Gasteiger partial charge is 0.416 e. The van der Waals surface area contributed by atoms with Crippen molar-refractivity contribution in [3.8, 4) is 11.4 Å². The molecule has 0 aliphatic carbocycles. The van der Waals surface area contributed by atoms with E-state index in [-0.39, 0.29) is 0 Å². The Morgan fingerprint density at radius 2 is 1.69 bits per heavy atom. The highest BCUT2D eigenvalue weighted by Gasteiger charge is 2.31. The summed E-state index contributed by atoms with van der Waals surface area (Å²) in [5.41, 5.74) is 1.33. The molecule has 0 aliphatic rings. The first-order valence-corrected chi connectivity index (χ1v) is 8.79. The van der Waals surface area contributed by atoms with Crippen LogP contribution in [0.4, 0.5) is 13.2 Å². The number of halogens is 3. The molecule has 0 saturated carbocycles. The van der Waals surface area contributed by atoms with E-state index in [0.29, 0.717) is 17.9 Å². The van der Waals surface area contributed by atoms with Gasteiger partial charge >= 0.3 is 6.18 Å². The van der Waals surface area contributed by atoms with Crippen LogP contribution in [-0.4, -0.2) is 34.1 Å². The molecule has 26 heavy (non-hydrogen) atoms. The third-order valence-corrected chi connectivity index (χ3v) is 4.64. The van der Waals surface area contributed by atoms with E-state index in [1.165, 1.54) is 6.07 Å². The second-order valence-electron chi connectivity index (χ2n) is 6.18. The standard InChI is InChI=1S/C20H22F3N3/c1-3-25(4-2)12-13-26-18-11-10-16(20(21,22)23)14-17(18)24-19(26)15-8-6-5-7-9-15/h5-11,14H,3-4,12-13H2,1-2H3. The number of aromatic nitrogens is 2. The first kappa shape index (κ1) is 18.5. The Morgan fingerprint density at radius 3 is 2.31 bits per heavy atom. The zero-order valence-corrected chi connectivity index (χ0v) is 14.9. The molecule has 3 aromatic rings. The SMILES string of the molecule is CCN(CC)CCn1c(-c2ccccc2)nc2cc(C(F)(F)F)ccc21. The average molecular weight is 361 g/mol. The fraction of sp³-hybridized carbons (Fsp3) is 0.350. The molecule has 0 atom stereocenters. The second kappa shape index (κ2) is 7.50. The molecule has 0 unspecified atom stereocenters. The van der Waals surface area contributed by atoms with Gasteiger partial charge in [-0.05, 0) is 31.3 Å². The number of rotatable bonds is 6. The van der Waals surface area contributed by atoms with Crippen LogP contribution >= 0.6 is 0 Å². The van der Waals surface area contributed by atoms with Crippen LogP contribution in [0.15, 0.2) is 48.5 Å². The summed E-state index contributed by atoms with van der Waals surface area (Å²) in [6.45, 7) is 7.56. The first-order valence-electron chi connectivity index (χ1n) is 8.79. The van der Waals surface area contributed by atoms with E-state index in [0.717, 1.165) is 42.8 Å². The van der Waals surface area contributed by atoms with Gasteiger partial charge in [0.25, 0.3) is 0 Å². The van der Waals surface area contributed by atoms with Crippen LogP contribution in [0.1, 0.15) is 19.4 Å². The highest BCUT2D eigenvalue weighted by Crippen LogP contribution is 2.33. The molecule has 1 aromatic heterocycles. The molecular formula is C20H22F3N3. The van der Waals surface area contributed by atoms with Gasteiger partial charge in [0.1, 0.15) is 5.82 Å². The van der Waals surface area contributed by atoms with Crippen LogP contribution in [0.2, 0.25) is 0 Å². The lowest BCUT2D eigenvalue weighted by atomic mass is 10.2. The highest BCUT2D eigenvalue weighted by molar-refractivity contribution is 5.81. The number of alkyl halides is 3. The molecule has 1 heterocycles. The number of fused-ring (bicyclic) bond motifs is 1. The summed E-state index contributed by atoms with van der Waals surface area (Å²) in [5, 5.41) is 0. The van der Waals surface area contributed by atoms with Gasteiger partial charge in [-0.25, -0.2) is 4.98 Å². The van der Waals surface area contributed by atoms with E-state index in [4.69, 9.17) is 0 Å². The van der Waals surface area contributed by atoms with Crippen LogP contribution in [0.25, 0.3) is 22.4 Å². The summed E-state index contributed by atoms with van der Waals surface area (Å²) in [4.78, 5) is 6.81. The van der Waals surface area contributed by atoms with Crippen molar-refractivity contribution in [2.75, 3.05) is 19.6 Å². The van der Waals surface area contributed by atoms with E-state index in [1.54, 1.807) is 0 Å². The second-order valence-corrected chi connectivity index (χ2v) is 6.18. The van der Waals surface area contributed by atoms with E-state index in [1.807, 2.05) is 34.9 Å². The number of imidazole rings is 1. The van der Waals surface area contributed by atoms with E-state index in [2.05, 4.69) is 23.7 Å². The number of nitrogens with zero attached hydrogens (tertiary/aromatic N) is 3. The van der Waals surface area contributed by atoms with Gasteiger partial charge in [0.05, 0.1) is 16.6 Å². The molecular weight excluding hydrogens is 339 g/mol. The first-order chi connectivity index (χ1) is 12.4. The summed E-state index contributed by atoms with van der Waals surface area (Å²) < 4.78 is 41.2. The van der Waals surface area contributed by atoms with Gasteiger partial charge in [0, 0.05) is 18.7 Å². The maximum Gasteiger partial charge on any atom is 0.416 e. The van der Waals surface area contributed by atoms with Gasteiger partial charge < -0.3 is 9.47 Å². The third-order valence-electron chi connectivity index (χ3n) is 4.64. The number of hydrogen-bond donors (Lipinski definition) is 0. The van der Waals surface area contributed by atoms with Gasteiger partial charge in [0.15, 0.2) is 0 Å². The van der Waals surface area contributed by atoms with Crippen molar-refractivity contribution in [2.24, 2.45) is 0 Å². The van der Waals surface area contributed by atoms with Crippen molar-refractivity contribution in [3.63, 3.8) is 0 Å². The fourth-order valence-electron chi connectivity index (χ4n) is 3.12. The normalized spacial score (nSPS) is 12.2. The zero-order chi connectivity index (χ0) is 18.7. The van der Waals surface area contributed by atoms with Crippen LogP contribution in [0.5, 0.6) is 0 Å². The fourth-order valence-corrected chi connectivity index (χ4v) is 3.12. The number of likely N-dealkylation sites (N-methyl/N-ethyl adjacent to an activating group) is 1. The Bertz CT molecular complexity index is 865. The molecule has 6 heteroatoms. The molecule has 0 saturated heterocycles. The quantitative estimate of drug-likeness (QED) is 0.612. The van der Waals surface area contributed by atoms with E-state index >= 15 is 0 Å². The molecule has 0 aliphatic heterocycles. The van der Waals surface area contributed by atoms with Crippen molar-refractivity contribution in [2.45, 2.75) is 26.6 Å². The molecule has 3 rings (SSSR count). The van der Waals surface area contributed by atoms with Gasteiger partial charge in [-0.15, -0.1) is 0 Å². The van der Waals surface area contributed by atoms with Crippen molar-refractivity contribution >= 4 is 11.0 Å². The van der Waals surface area contributed by atoms with Gasteiger partial charge in [-0.3, -0.25) is 0 Å². The van der Waals surface area contributed by atoms with Gasteiger partial charge in [-0.2, -0.15) is 13.2 Å². The molecule has 0 N–H and O–H groups in total. The van der Waals surface area contributed by atoms with Gasteiger partial charge in [-0.1, -0.05) is 44.2 Å². The Morgan fingerprint density at radius 1 is 1.00 bits per heavy atom. The Labute approximate surface area is 151 Å². The van der Waals surface area contributed by atoms with Crippen molar-refractivity contribution < 1.29 is 13.2 Å². The number of hydrogen-bond acceptors (Lipinski definition) is 2. The minimum absolute atomic E-state index is 0.373.